The summed E-state index contributed by atoms with van der Waals surface area (Å²) in [6.45, 7) is 4.81. The number of fused-ring (bicyclic) bond motifs is 1. The minimum absolute atomic E-state index is 0.153. The third kappa shape index (κ3) is 2.64. The van der Waals surface area contributed by atoms with Crippen LogP contribution in [0.2, 0.25) is 0 Å². The molecule has 1 aromatic heterocycles. The Labute approximate surface area is 107 Å². The molecular weight excluding hydrogens is 226 g/mol. The fourth-order valence-corrected chi connectivity index (χ4v) is 1.90. The first-order valence-corrected chi connectivity index (χ1v) is 6.17. The minimum atomic E-state index is -0.153. The van der Waals surface area contributed by atoms with Gasteiger partial charge in [-0.05, 0) is 12.0 Å². The number of nitrogens with zero attached hydrogens (tertiary/aromatic N) is 1. The van der Waals surface area contributed by atoms with Crippen molar-refractivity contribution in [2.75, 3.05) is 11.9 Å². The number of carbonyl (C=O) groups is 1. The smallest absolute Gasteiger partial charge is 0.319 e. The fraction of sp³-hybridized carbons (Fsp3) is 0.357. The monoisotopic (exact) mass is 245 g/mol. The third-order valence-electron chi connectivity index (χ3n) is 2.82. The van der Waals surface area contributed by atoms with E-state index in [0.717, 1.165) is 16.6 Å². The summed E-state index contributed by atoms with van der Waals surface area (Å²) in [7, 11) is 1.97. The van der Waals surface area contributed by atoms with E-state index < -0.39 is 0 Å². The Kier molecular flexibility index (Phi) is 3.55. The molecule has 0 aliphatic rings. The van der Waals surface area contributed by atoms with Crippen LogP contribution in [0.3, 0.4) is 0 Å². The Balaban J connectivity index is 2.14. The Morgan fingerprint density at radius 3 is 2.78 bits per heavy atom. The van der Waals surface area contributed by atoms with Crippen molar-refractivity contribution in [3.05, 3.63) is 30.5 Å². The second-order valence-electron chi connectivity index (χ2n) is 4.90. The number of urea groups is 1. The second-order valence-corrected chi connectivity index (χ2v) is 4.90. The molecule has 0 aliphatic heterocycles. The first-order chi connectivity index (χ1) is 8.58. The van der Waals surface area contributed by atoms with Crippen LogP contribution in [0.5, 0.6) is 0 Å². The maximum absolute atomic E-state index is 11.7. The first-order valence-electron chi connectivity index (χ1n) is 6.17. The van der Waals surface area contributed by atoms with Gasteiger partial charge < -0.3 is 15.2 Å². The Morgan fingerprint density at radius 2 is 2.06 bits per heavy atom. The summed E-state index contributed by atoms with van der Waals surface area (Å²) in [5, 5.41) is 6.79. The molecule has 0 saturated heterocycles. The van der Waals surface area contributed by atoms with Gasteiger partial charge in [-0.15, -0.1) is 0 Å². The number of rotatable bonds is 3. The lowest BCUT2D eigenvalue weighted by atomic mass is 10.2. The van der Waals surface area contributed by atoms with Crippen molar-refractivity contribution in [1.82, 2.24) is 9.88 Å². The van der Waals surface area contributed by atoms with Crippen molar-refractivity contribution >= 4 is 22.6 Å². The van der Waals surface area contributed by atoms with E-state index in [1.807, 2.05) is 42.1 Å². The third-order valence-corrected chi connectivity index (χ3v) is 2.82. The number of aryl methyl sites for hydroxylation is 1. The molecule has 0 unspecified atom stereocenters. The van der Waals surface area contributed by atoms with Crippen molar-refractivity contribution < 1.29 is 4.79 Å². The summed E-state index contributed by atoms with van der Waals surface area (Å²) in [5.74, 6) is 0.447. The summed E-state index contributed by atoms with van der Waals surface area (Å²) in [6, 6.07) is 7.85. The molecule has 2 rings (SSSR count). The van der Waals surface area contributed by atoms with Crippen molar-refractivity contribution in [2.45, 2.75) is 13.8 Å². The van der Waals surface area contributed by atoms with Crippen molar-refractivity contribution in [3.8, 4) is 0 Å². The van der Waals surface area contributed by atoms with Crippen LogP contribution in [0.15, 0.2) is 30.5 Å². The van der Waals surface area contributed by atoms with E-state index in [1.165, 1.54) is 0 Å². The van der Waals surface area contributed by atoms with Gasteiger partial charge in [0.25, 0.3) is 0 Å². The molecule has 18 heavy (non-hydrogen) atoms. The van der Waals surface area contributed by atoms with E-state index in [-0.39, 0.29) is 6.03 Å². The molecular formula is C14H19N3O. The summed E-state index contributed by atoms with van der Waals surface area (Å²) in [6.07, 6.45) is 1.93. The highest BCUT2D eigenvalue weighted by atomic mass is 16.2. The van der Waals surface area contributed by atoms with E-state index >= 15 is 0 Å². The number of aromatic nitrogens is 1. The van der Waals surface area contributed by atoms with E-state index in [2.05, 4.69) is 24.5 Å². The van der Waals surface area contributed by atoms with Crippen molar-refractivity contribution in [2.24, 2.45) is 13.0 Å². The van der Waals surface area contributed by atoms with Gasteiger partial charge in [-0.2, -0.15) is 0 Å². The zero-order valence-corrected chi connectivity index (χ0v) is 11.0. The van der Waals surface area contributed by atoms with Gasteiger partial charge >= 0.3 is 6.03 Å². The SMILES string of the molecule is CC(C)CNC(=O)Nc1cn(C)c2ccccc12. The van der Waals surface area contributed by atoms with Crippen molar-refractivity contribution in [3.63, 3.8) is 0 Å². The zero-order valence-electron chi connectivity index (χ0n) is 11.0. The maximum Gasteiger partial charge on any atom is 0.319 e. The highest BCUT2D eigenvalue weighted by Gasteiger charge is 2.08. The molecule has 4 nitrogen and oxygen atoms in total. The number of hydrogen-bond acceptors (Lipinski definition) is 1. The number of amides is 2. The second kappa shape index (κ2) is 5.12. The zero-order chi connectivity index (χ0) is 13.1. The number of benzene rings is 1. The number of nitrogens with one attached hydrogen (secondary N) is 2. The van der Waals surface area contributed by atoms with Crippen LogP contribution < -0.4 is 10.6 Å². The van der Waals surface area contributed by atoms with Crippen LogP contribution in [0.4, 0.5) is 10.5 Å². The molecule has 0 saturated carbocycles. The van der Waals surface area contributed by atoms with Crippen LogP contribution in [0, 0.1) is 5.92 Å². The summed E-state index contributed by atoms with van der Waals surface area (Å²) in [4.78, 5) is 11.7. The van der Waals surface area contributed by atoms with Crippen LogP contribution in [-0.4, -0.2) is 17.1 Å². The van der Waals surface area contributed by atoms with Gasteiger partial charge in [0.1, 0.15) is 0 Å². The summed E-state index contributed by atoms with van der Waals surface area (Å²) in [5.41, 5.74) is 1.95. The van der Waals surface area contributed by atoms with Gasteiger partial charge in [-0.25, -0.2) is 4.79 Å². The predicted molar refractivity (Wildman–Crippen MR) is 74.8 cm³/mol. The average Bonchev–Trinajstić information content (AvgIpc) is 2.65. The molecule has 1 heterocycles. The quantitative estimate of drug-likeness (QED) is 0.858. The molecule has 2 N–H and O–H groups in total. The molecule has 0 radical (unpaired) electrons. The molecule has 0 aliphatic carbocycles. The van der Waals surface area contributed by atoms with Crippen molar-refractivity contribution in [1.29, 1.82) is 0 Å². The largest absolute Gasteiger partial charge is 0.348 e. The lowest BCUT2D eigenvalue weighted by Crippen LogP contribution is -2.31. The summed E-state index contributed by atoms with van der Waals surface area (Å²) < 4.78 is 2.01. The van der Waals surface area contributed by atoms with Gasteiger partial charge in [0, 0.05) is 30.7 Å². The Hall–Kier alpha value is -1.97. The molecule has 2 aromatic rings. The van der Waals surface area contributed by atoms with Gasteiger partial charge in [0.05, 0.1) is 5.69 Å². The Morgan fingerprint density at radius 1 is 1.33 bits per heavy atom. The molecule has 4 heteroatoms. The van der Waals surface area contributed by atoms with Gasteiger partial charge in [0.15, 0.2) is 0 Å². The molecule has 2 amide bonds. The lowest BCUT2D eigenvalue weighted by Gasteiger charge is -2.08. The average molecular weight is 245 g/mol. The van der Waals surface area contributed by atoms with Gasteiger partial charge in [-0.1, -0.05) is 32.0 Å². The van der Waals surface area contributed by atoms with Crippen LogP contribution in [-0.2, 0) is 7.05 Å². The van der Waals surface area contributed by atoms with Crippen LogP contribution >= 0.6 is 0 Å². The van der Waals surface area contributed by atoms with Gasteiger partial charge in [-0.3, -0.25) is 0 Å². The number of anilines is 1. The molecule has 0 spiro atoms. The lowest BCUT2D eigenvalue weighted by molar-refractivity contribution is 0.251. The minimum Gasteiger partial charge on any atom is -0.348 e. The molecule has 1 aromatic carbocycles. The van der Waals surface area contributed by atoms with E-state index in [4.69, 9.17) is 0 Å². The van der Waals surface area contributed by atoms with Crippen LogP contribution in [0.25, 0.3) is 10.9 Å². The van der Waals surface area contributed by atoms with Gasteiger partial charge in [0.2, 0.25) is 0 Å². The predicted octanol–water partition coefficient (Wildman–Crippen LogP) is 2.96. The highest BCUT2D eigenvalue weighted by molar-refractivity contribution is 6.01. The highest BCUT2D eigenvalue weighted by Crippen LogP contribution is 2.24. The molecule has 0 fully saturated rings. The van der Waals surface area contributed by atoms with E-state index in [9.17, 15) is 4.79 Å². The van der Waals surface area contributed by atoms with E-state index in [1.54, 1.807) is 0 Å². The number of hydrogen-bond donors (Lipinski definition) is 2. The number of carbonyl (C=O) groups excluding carboxylic acids is 1. The standard InChI is InChI=1S/C14H19N3O/c1-10(2)8-15-14(18)16-12-9-17(3)13-7-5-4-6-11(12)13/h4-7,9-10H,8H2,1-3H3,(H2,15,16,18). The summed E-state index contributed by atoms with van der Waals surface area (Å²) >= 11 is 0. The van der Waals surface area contributed by atoms with Crippen LogP contribution in [0.1, 0.15) is 13.8 Å². The molecule has 96 valence electrons. The number of para-hydroxylation sites is 1. The molecule has 0 bridgehead atoms. The van der Waals surface area contributed by atoms with E-state index in [0.29, 0.717) is 12.5 Å². The Bertz CT molecular complexity index is 557. The normalized spacial score (nSPS) is 10.9. The maximum atomic E-state index is 11.7. The first kappa shape index (κ1) is 12.5. The molecule has 0 atom stereocenters. The fourth-order valence-electron chi connectivity index (χ4n) is 1.90. The topological polar surface area (TPSA) is 46.1 Å².